The van der Waals surface area contributed by atoms with Gasteiger partial charge in [-0.05, 0) is 17.7 Å². The van der Waals surface area contributed by atoms with Gasteiger partial charge < -0.3 is 14.7 Å². The summed E-state index contributed by atoms with van der Waals surface area (Å²) in [5.41, 5.74) is -0.336. The van der Waals surface area contributed by atoms with E-state index in [0.29, 0.717) is 5.56 Å². The molecule has 120 valence electrons. The minimum Gasteiger partial charge on any atom is -0.479 e. The lowest BCUT2D eigenvalue weighted by Crippen LogP contribution is -2.49. The number of hydrogen-bond donors (Lipinski definition) is 1. The highest BCUT2D eigenvalue weighted by Gasteiger charge is 2.31. The average molecular weight is 317 g/mol. The number of carbonyl (C=O) groups is 2. The van der Waals surface area contributed by atoms with E-state index in [4.69, 9.17) is 9.84 Å². The minimum absolute atomic E-state index is 0.0607. The van der Waals surface area contributed by atoms with E-state index in [0.717, 1.165) is 12.1 Å². The molecule has 0 aromatic heterocycles. The topological polar surface area (TPSA) is 66.8 Å². The normalized spacial score (nSPS) is 19.0. The molecule has 1 atom stereocenters. The fourth-order valence-corrected chi connectivity index (χ4v) is 2.12. The van der Waals surface area contributed by atoms with Gasteiger partial charge in [0.15, 0.2) is 6.10 Å². The van der Waals surface area contributed by atoms with Crippen LogP contribution in [0.5, 0.6) is 0 Å². The van der Waals surface area contributed by atoms with Crippen molar-refractivity contribution in [2.75, 3.05) is 19.7 Å². The van der Waals surface area contributed by atoms with Gasteiger partial charge in [-0.25, -0.2) is 4.79 Å². The maximum Gasteiger partial charge on any atom is 0.416 e. The Balaban J connectivity index is 1.98. The Labute approximate surface area is 124 Å². The zero-order valence-electron chi connectivity index (χ0n) is 11.5. The first-order chi connectivity index (χ1) is 10.3. The summed E-state index contributed by atoms with van der Waals surface area (Å²) in [6.45, 7) is 0.327. The third kappa shape index (κ3) is 3.97. The first-order valence-corrected chi connectivity index (χ1v) is 6.55. The number of carboxylic acids is 1. The van der Waals surface area contributed by atoms with Gasteiger partial charge in [0.1, 0.15) is 0 Å². The van der Waals surface area contributed by atoms with Crippen molar-refractivity contribution in [1.29, 1.82) is 0 Å². The zero-order valence-corrected chi connectivity index (χ0v) is 11.5. The third-order valence-corrected chi connectivity index (χ3v) is 3.33. The van der Waals surface area contributed by atoms with Gasteiger partial charge in [0.2, 0.25) is 5.91 Å². The quantitative estimate of drug-likeness (QED) is 0.919. The van der Waals surface area contributed by atoms with Crippen LogP contribution in [0.15, 0.2) is 24.3 Å². The van der Waals surface area contributed by atoms with Gasteiger partial charge >= 0.3 is 12.1 Å². The van der Waals surface area contributed by atoms with Gasteiger partial charge in [0.25, 0.3) is 0 Å². The fraction of sp³-hybridized carbons (Fsp3) is 0.429. The molecular weight excluding hydrogens is 303 g/mol. The highest BCUT2D eigenvalue weighted by atomic mass is 19.4. The molecule has 0 aliphatic carbocycles. The van der Waals surface area contributed by atoms with Crippen LogP contribution in [-0.2, 0) is 26.9 Å². The lowest BCUT2D eigenvalue weighted by molar-refractivity contribution is -0.159. The van der Waals surface area contributed by atoms with E-state index in [9.17, 15) is 22.8 Å². The van der Waals surface area contributed by atoms with Crippen LogP contribution in [0, 0.1) is 0 Å². The Bertz CT molecular complexity index is 556. The third-order valence-electron chi connectivity index (χ3n) is 3.33. The highest BCUT2D eigenvalue weighted by Crippen LogP contribution is 2.29. The standard InChI is InChI=1S/C14H14F3NO4/c15-14(16,17)10-3-1-9(2-4-10)7-12(19)18-5-6-22-11(8-18)13(20)21/h1-4,11H,5-8H2,(H,20,21). The first kappa shape index (κ1) is 16.3. The second kappa shape index (κ2) is 6.35. The van der Waals surface area contributed by atoms with Crippen LogP contribution in [0.4, 0.5) is 13.2 Å². The van der Waals surface area contributed by atoms with Crippen molar-refractivity contribution >= 4 is 11.9 Å². The lowest BCUT2D eigenvalue weighted by Gasteiger charge is -2.31. The van der Waals surface area contributed by atoms with Gasteiger partial charge in [-0.3, -0.25) is 4.79 Å². The molecule has 1 unspecified atom stereocenters. The Morgan fingerprint density at radius 1 is 1.27 bits per heavy atom. The molecule has 0 radical (unpaired) electrons. The summed E-state index contributed by atoms with van der Waals surface area (Å²) < 4.78 is 42.3. The van der Waals surface area contributed by atoms with Crippen molar-refractivity contribution in [3.8, 4) is 0 Å². The van der Waals surface area contributed by atoms with Gasteiger partial charge in [-0.1, -0.05) is 12.1 Å². The Morgan fingerprint density at radius 3 is 2.45 bits per heavy atom. The van der Waals surface area contributed by atoms with Crippen molar-refractivity contribution in [3.63, 3.8) is 0 Å². The summed E-state index contributed by atoms with van der Waals surface area (Å²) in [5, 5.41) is 8.86. The predicted molar refractivity (Wildman–Crippen MR) is 69.1 cm³/mol. The van der Waals surface area contributed by atoms with E-state index < -0.39 is 23.8 Å². The number of amides is 1. The Morgan fingerprint density at radius 2 is 1.91 bits per heavy atom. The van der Waals surface area contributed by atoms with Crippen molar-refractivity contribution < 1.29 is 32.6 Å². The van der Waals surface area contributed by atoms with Crippen LogP contribution in [-0.4, -0.2) is 47.7 Å². The Kier molecular flexibility index (Phi) is 4.70. The van der Waals surface area contributed by atoms with E-state index in [1.54, 1.807) is 0 Å². The summed E-state index contributed by atoms with van der Waals surface area (Å²) in [4.78, 5) is 24.3. The first-order valence-electron chi connectivity index (χ1n) is 6.55. The van der Waals surface area contributed by atoms with Crippen LogP contribution in [0.1, 0.15) is 11.1 Å². The largest absolute Gasteiger partial charge is 0.479 e. The predicted octanol–water partition coefficient (Wildman–Crippen LogP) is 1.56. The maximum absolute atomic E-state index is 12.4. The number of ether oxygens (including phenoxy) is 1. The fourth-order valence-electron chi connectivity index (χ4n) is 2.12. The molecule has 1 N–H and O–H groups in total. The molecule has 1 amide bonds. The molecule has 1 fully saturated rings. The van der Waals surface area contributed by atoms with Crippen molar-refractivity contribution in [3.05, 3.63) is 35.4 Å². The number of morpholine rings is 1. The molecule has 1 heterocycles. The molecule has 1 aliphatic heterocycles. The molecule has 2 rings (SSSR count). The van der Waals surface area contributed by atoms with Crippen LogP contribution < -0.4 is 0 Å². The number of benzene rings is 1. The molecule has 5 nitrogen and oxygen atoms in total. The number of carboxylic acid groups (broad SMARTS) is 1. The van der Waals surface area contributed by atoms with E-state index in [-0.39, 0.29) is 32.0 Å². The summed E-state index contributed by atoms with van der Waals surface area (Å²) >= 11 is 0. The number of carbonyl (C=O) groups excluding carboxylic acids is 1. The SMILES string of the molecule is O=C(O)C1CN(C(=O)Cc2ccc(C(F)(F)F)cc2)CCO1. The minimum atomic E-state index is -4.42. The van der Waals surface area contributed by atoms with Crippen LogP contribution in [0.2, 0.25) is 0 Å². The van der Waals surface area contributed by atoms with Crippen molar-refractivity contribution in [1.82, 2.24) is 4.90 Å². The number of aliphatic carboxylic acids is 1. The van der Waals surface area contributed by atoms with E-state index in [1.807, 2.05) is 0 Å². The maximum atomic E-state index is 12.4. The number of hydrogen-bond acceptors (Lipinski definition) is 3. The summed E-state index contributed by atoms with van der Waals surface area (Å²) in [6.07, 6.45) is -5.56. The smallest absolute Gasteiger partial charge is 0.416 e. The molecular formula is C14H14F3NO4. The van der Waals surface area contributed by atoms with Gasteiger partial charge in [-0.2, -0.15) is 13.2 Å². The summed E-state index contributed by atoms with van der Waals surface area (Å²) in [5.74, 6) is -1.48. The second-order valence-corrected chi connectivity index (χ2v) is 4.91. The second-order valence-electron chi connectivity index (χ2n) is 4.91. The van der Waals surface area contributed by atoms with Crippen LogP contribution in [0.25, 0.3) is 0 Å². The molecule has 1 saturated heterocycles. The Hall–Kier alpha value is -2.09. The number of nitrogens with zero attached hydrogens (tertiary/aromatic N) is 1. The van der Waals surface area contributed by atoms with E-state index in [1.165, 1.54) is 17.0 Å². The monoisotopic (exact) mass is 317 g/mol. The number of alkyl halides is 3. The molecule has 0 bridgehead atoms. The average Bonchev–Trinajstić information content (AvgIpc) is 2.47. The molecule has 22 heavy (non-hydrogen) atoms. The number of rotatable bonds is 3. The summed E-state index contributed by atoms with van der Waals surface area (Å²) in [7, 11) is 0. The molecule has 0 spiro atoms. The van der Waals surface area contributed by atoms with E-state index in [2.05, 4.69) is 0 Å². The molecule has 1 aromatic carbocycles. The van der Waals surface area contributed by atoms with Crippen molar-refractivity contribution in [2.24, 2.45) is 0 Å². The zero-order chi connectivity index (χ0) is 16.3. The van der Waals surface area contributed by atoms with Gasteiger partial charge in [-0.15, -0.1) is 0 Å². The lowest BCUT2D eigenvalue weighted by atomic mass is 10.1. The molecule has 1 aliphatic rings. The molecule has 0 saturated carbocycles. The van der Waals surface area contributed by atoms with Gasteiger partial charge in [0, 0.05) is 6.54 Å². The van der Waals surface area contributed by atoms with E-state index >= 15 is 0 Å². The molecule has 1 aromatic rings. The number of halogens is 3. The van der Waals surface area contributed by atoms with Crippen LogP contribution in [0.3, 0.4) is 0 Å². The molecule has 8 heteroatoms. The highest BCUT2D eigenvalue weighted by molar-refractivity contribution is 5.80. The van der Waals surface area contributed by atoms with Gasteiger partial charge in [0.05, 0.1) is 25.1 Å². The summed E-state index contributed by atoms with van der Waals surface area (Å²) in [6, 6.07) is 4.33. The van der Waals surface area contributed by atoms with Crippen molar-refractivity contribution in [2.45, 2.75) is 18.7 Å². The van der Waals surface area contributed by atoms with Crippen LogP contribution >= 0.6 is 0 Å².